The second kappa shape index (κ2) is 12.6. The van der Waals surface area contributed by atoms with Crippen LogP contribution in [-0.4, -0.2) is 11.2 Å². The van der Waals surface area contributed by atoms with Gasteiger partial charge in [0.25, 0.3) is 0 Å². The zero-order valence-electron chi connectivity index (χ0n) is 20.8. The predicted octanol–water partition coefficient (Wildman–Crippen LogP) is 8.27. The predicted molar refractivity (Wildman–Crippen MR) is 142 cm³/mol. The molecule has 3 aromatic rings. The fourth-order valence-corrected chi connectivity index (χ4v) is 4.42. The lowest BCUT2D eigenvalue weighted by atomic mass is 9.92. The minimum absolute atomic E-state index is 0.0828. The van der Waals surface area contributed by atoms with Crippen LogP contribution in [0.15, 0.2) is 78.9 Å². The van der Waals surface area contributed by atoms with Crippen molar-refractivity contribution in [1.29, 1.82) is 0 Å². The first-order valence-electron chi connectivity index (χ1n) is 12.1. The molecule has 0 saturated heterocycles. The highest BCUT2D eigenvalue weighted by atomic mass is 32.1. The molecule has 0 unspecified atom stereocenters. The van der Waals surface area contributed by atoms with Crippen molar-refractivity contribution in [2.45, 2.75) is 57.2 Å². The highest BCUT2D eigenvalue weighted by Crippen LogP contribution is 2.38. The first-order valence-corrected chi connectivity index (χ1v) is 12.6. The molecule has 0 aromatic heterocycles. The third-order valence-electron chi connectivity index (χ3n) is 6.18. The number of nitrogens with one attached hydrogen (secondary N) is 3. The van der Waals surface area contributed by atoms with E-state index in [0.29, 0.717) is 12.1 Å². The van der Waals surface area contributed by atoms with Gasteiger partial charge >= 0.3 is 12.4 Å². The topological polar surface area (TPSA) is 36.1 Å². The van der Waals surface area contributed by atoms with Crippen molar-refractivity contribution in [2.24, 2.45) is 0 Å². The van der Waals surface area contributed by atoms with E-state index in [-0.39, 0.29) is 23.3 Å². The third kappa shape index (κ3) is 7.94. The summed E-state index contributed by atoms with van der Waals surface area (Å²) in [5.74, 6) is 0. The van der Waals surface area contributed by atoms with Crippen LogP contribution in [0.1, 0.15) is 61.0 Å². The summed E-state index contributed by atoms with van der Waals surface area (Å²) in [6.45, 7) is 4.12. The average Bonchev–Trinajstić information content (AvgIpc) is 2.88. The van der Waals surface area contributed by atoms with Gasteiger partial charge in [0.2, 0.25) is 0 Å². The van der Waals surface area contributed by atoms with E-state index < -0.39 is 35.2 Å². The molecule has 0 saturated carbocycles. The lowest BCUT2D eigenvalue weighted by Gasteiger charge is -2.33. The van der Waals surface area contributed by atoms with Crippen LogP contribution in [0.4, 0.5) is 32.0 Å². The summed E-state index contributed by atoms with van der Waals surface area (Å²) in [6, 6.07) is 19.6. The zero-order chi connectivity index (χ0) is 27.9. The Labute approximate surface area is 223 Å². The van der Waals surface area contributed by atoms with E-state index in [1.54, 1.807) is 0 Å². The van der Waals surface area contributed by atoms with Crippen LogP contribution in [0, 0.1) is 0 Å². The van der Waals surface area contributed by atoms with E-state index in [0.717, 1.165) is 24.0 Å². The molecule has 0 radical (unpaired) electrons. The van der Waals surface area contributed by atoms with Crippen molar-refractivity contribution >= 4 is 23.0 Å². The molecule has 3 nitrogen and oxygen atoms in total. The summed E-state index contributed by atoms with van der Waals surface area (Å²) in [5.41, 5.74) is -1.48. The molecule has 0 fully saturated rings. The maximum atomic E-state index is 13.3. The molecule has 0 amide bonds. The Balaban J connectivity index is 1.98. The van der Waals surface area contributed by atoms with E-state index >= 15 is 0 Å². The largest absolute Gasteiger partial charge is 0.416 e. The van der Waals surface area contributed by atoms with Gasteiger partial charge in [-0.1, -0.05) is 74.5 Å². The van der Waals surface area contributed by atoms with Crippen LogP contribution in [0.3, 0.4) is 0 Å². The lowest BCUT2D eigenvalue weighted by Crippen LogP contribution is -2.43. The highest BCUT2D eigenvalue weighted by molar-refractivity contribution is 7.80. The summed E-state index contributed by atoms with van der Waals surface area (Å²) < 4.78 is 80.0. The summed E-state index contributed by atoms with van der Waals surface area (Å²) in [4.78, 5) is 0. The molecule has 0 bridgehead atoms. The molecular formula is C28H29F6N3S. The monoisotopic (exact) mass is 553 g/mol. The molecule has 3 rings (SSSR count). The SMILES string of the molecule is CCC(CC)N[C@H](c1ccccc1)[C@H](NC(=S)Nc1cc(C(F)(F)F)cc(C(F)(F)F)c1)c1ccccc1. The van der Waals surface area contributed by atoms with Gasteiger partial charge in [0, 0.05) is 11.7 Å². The van der Waals surface area contributed by atoms with Crippen molar-refractivity contribution in [1.82, 2.24) is 10.6 Å². The van der Waals surface area contributed by atoms with Crippen LogP contribution in [-0.2, 0) is 12.4 Å². The molecule has 204 valence electrons. The molecular weight excluding hydrogens is 524 g/mol. The first-order chi connectivity index (χ1) is 17.9. The van der Waals surface area contributed by atoms with Gasteiger partial charge in [-0.3, -0.25) is 0 Å². The van der Waals surface area contributed by atoms with E-state index in [1.165, 1.54) is 0 Å². The molecule has 0 aliphatic heterocycles. The Hall–Kier alpha value is -3.11. The summed E-state index contributed by atoms with van der Waals surface area (Å²) in [5, 5.41) is 9.23. The van der Waals surface area contributed by atoms with E-state index in [2.05, 4.69) is 29.8 Å². The van der Waals surface area contributed by atoms with Crippen LogP contribution in [0.2, 0.25) is 0 Å². The van der Waals surface area contributed by atoms with Crippen LogP contribution in [0.25, 0.3) is 0 Å². The number of hydrogen-bond donors (Lipinski definition) is 3. The Morgan fingerprint density at radius 3 is 1.58 bits per heavy atom. The summed E-state index contributed by atoms with van der Waals surface area (Å²) >= 11 is 5.41. The van der Waals surface area contributed by atoms with Crippen molar-refractivity contribution in [3.8, 4) is 0 Å². The number of benzene rings is 3. The fraction of sp³-hybridized carbons (Fsp3) is 0.321. The van der Waals surface area contributed by atoms with Gasteiger partial charge in [-0.2, -0.15) is 26.3 Å². The van der Waals surface area contributed by atoms with Crippen molar-refractivity contribution in [3.63, 3.8) is 0 Å². The Morgan fingerprint density at radius 2 is 1.16 bits per heavy atom. The van der Waals surface area contributed by atoms with Crippen LogP contribution < -0.4 is 16.0 Å². The number of anilines is 1. The quantitative estimate of drug-likeness (QED) is 0.184. The number of alkyl halides is 6. The second-order valence-corrected chi connectivity index (χ2v) is 9.26. The molecule has 0 heterocycles. The smallest absolute Gasteiger partial charge is 0.354 e. The Morgan fingerprint density at radius 1 is 0.711 bits per heavy atom. The van der Waals surface area contributed by atoms with Crippen LogP contribution >= 0.6 is 12.2 Å². The lowest BCUT2D eigenvalue weighted by molar-refractivity contribution is -0.143. The van der Waals surface area contributed by atoms with Gasteiger partial charge in [-0.15, -0.1) is 0 Å². The zero-order valence-corrected chi connectivity index (χ0v) is 21.6. The molecule has 0 spiro atoms. The number of hydrogen-bond acceptors (Lipinski definition) is 2. The van der Waals surface area contributed by atoms with E-state index in [4.69, 9.17) is 12.2 Å². The first kappa shape index (κ1) is 29.4. The standard InChI is InChI=1S/C28H29F6N3S/c1-3-22(4-2)35-24(18-11-7-5-8-12-18)25(19-13-9-6-10-14-19)37-26(38)36-23-16-20(27(29,30)31)15-21(17-23)28(32,33)34/h5-17,22,24-25,35H,3-4H2,1-2H3,(H2,36,37,38)/t24-,25-/m1/s1. The minimum atomic E-state index is -4.96. The van der Waals surface area contributed by atoms with Crippen molar-refractivity contribution in [2.75, 3.05) is 5.32 Å². The normalized spacial score (nSPS) is 13.7. The van der Waals surface area contributed by atoms with Gasteiger partial charge in [0.1, 0.15) is 0 Å². The summed E-state index contributed by atoms with van der Waals surface area (Å²) in [7, 11) is 0. The number of thiocarbonyl (C=S) groups is 1. The van der Waals surface area contributed by atoms with Gasteiger partial charge in [-0.05, 0) is 54.4 Å². The van der Waals surface area contributed by atoms with Gasteiger partial charge < -0.3 is 16.0 Å². The van der Waals surface area contributed by atoms with Crippen molar-refractivity contribution in [3.05, 3.63) is 101 Å². The molecule has 0 aliphatic rings. The molecule has 38 heavy (non-hydrogen) atoms. The van der Waals surface area contributed by atoms with E-state index in [9.17, 15) is 26.3 Å². The van der Waals surface area contributed by atoms with Crippen LogP contribution in [0.5, 0.6) is 0 Å². The fourth-order valence-electron chi connectivity index (χ4n) is 4.18. The Kier molecular flexibility index (Phi) is 9.78. The minimum Gasteiger partial charge on any atom is -0.354 e. The summed E-state index contributed by atoms with van der Waals surface area (Å²) in [6.07, 6.45) is -8.21. The number of rotatable bonds is 9. The molecule has 0 aliphatic carbocycles. The molecule has 3 aromatic carbocycles. The van der Waals surface area contributed by atoms with Crippen molar-refractivity contribution < 1.29 is 26.3 Å². The van der Waals surface area contributed by atoms with E-state index in [1.807, 2.05) is 60.7 Å². The van der Waals surface area contributed by atoms with Gasteiger partial charge in [0.15, 0.2) is 5.11 Å². The maximum absolute atomic E-state index is 13.3. The highest BCUT2D eigenvalue weighted by Gasteiger charge is 2.37. The second-order valence-electron chi connectivity index (χ2n) is 8.85. The maximum Gasteiger partial charge on any atom is 0.416 e. The Bertz CT molecular complexity index is 1150. The van der Waals surface area contributed by atoms with Gasteiger partial charge in [0.05, 0.1) is 23.2 Å². The van der Waals surface area contributed by atoms with Gasteiger partial charge in [-0.25, -0.2) is 0 Å². The third-order valence-corrected chi connectivity index (χ3v) is 6.40. The molecule has 3 N–H and O–H groups in total. The molecule has 2 atom stereocenters. The molecule has 10 heteroatoms. The number of halogens is 6. The average molecular weight is 554 g/mol.